The second-order valence-electron chi connectivity index (χ2n) is 5.23. The van der Waals surface area contributed by atoms with Crippen LogP contribution in [0.25, 0.3) is 0 Å². The van der Waals surface area contributed by atoms with Gasteiger partial charge in [-0.25, -0.2) is 0 Å². The molecule has 1 aromatic carbocycles. The lowest BCUT2D eigenvalue weighted by Gasteiger charge is -2.23. The van der Waals surface area contributed by atoms with Crippen molar-refractivity contribution in [1.29, 1.82) is 0 Å². The van der Waals surface area contributed by atoms with Crippen molar-refractivity contribution in [2.45, 2.75) is 33.2 Å². The van der Waals surface area contributed by atoms with Crippen LogP contribution in [0.4, 0.5) is 5.69 Å². The molecule has 2 amide bonds. The maximum atomic E-state index is 12.3. The molecule has 2 rings (SSSR count). The lowest BCUT2D eigenvalue weighted by Crippen LogP contribution is -2.38. The average Bonchev–Trinajstić information content (AvgIpc) is 2.51. The zero-order chi connectivity index (χ0) is 13.4. The Balaban J connectivity index is 2.37. The fourth-order valence-electron chi connectivity index (χ4n) is 2.52. The van der Waals surface area contributed by atoms with Gasteiger partial charge in [0.25, 0.3) is 11.8 Å². The molecule has 0 spiro atoms. The molecule has 0 saturated heterocycles. The Morgan fingerprint density at radius 1 is 1.17 bits per heavy atom. The van der Waals surface area contributed by atoms with Crippen molar-refractivity contribution >= 4 is 17.5 Å². The van der Waals surface area contributed by atoms with E-state index in [2.05, 4.69) is 13.8 Å². The predicted molar refractivity (Wildman–Crippen MR) is 70.3 cm³/mol. The SMILES string of the molecule is CC(C)CC(C)N1C(=O)c2cccc(N)c2C1=O. The largest absolute Gasteiger partial charge is 0.398 e. The molecule has 96 valence electrons. The molecule has 0 fully saturated rings. The Labute approximate surface area is 107 Å². The molecule has 0 bridgehead atoms. The van der Waals surface area contributed by atoms with Crippen molar-refractivity contribution in [1.82, 2.24) is 4.90 Å². The number of nitrogen functional groups attached to an aromatic ring is 1. The minimum Gasteiger partial charge on any atom is -0.398 e. The number of nitrogens with zero attached hydrogens (tertiary/aromatic N) is 1. The van der Waals surface area contributed by atoms with Crippen LogP contribution in [0, 0.1) is 5.92 Å². The molecule has 0 radical (unpaired) electrons. The van der Waals surface area contributed by atoms with Crippen LogP contribution in [-0.4, -0.2) is 22.8 Å². The molecule has 0 saturated carbocycles. The standard InChI is InChI=1S/C14H18N2O2/c1-8(2)7-9(3)16-13(17)10-5-4-6-11(15)12(10)14(16)18/h4-6,8-9H,7,15H2,1-3H3. The van der Waals surface area contributed by atoms with Gasteiger partial charge in [0, 0.05) is 11.7 Å². The highest BCUT2D eigenvalue weighted by Crippen LogP contribution is 2.30. The van der Waals surface area contributed by atoms with Gasteiger partial charge in [-0.05, 0) is 31.4 Å². The van der Waals surface area contributed by atoms with Crippen molar-refractivity contribution in [3.8, 4) is 0 Å². The summed E-state index contributed by atoms with van der Waals surface area (Å²) in [5.41, 5.74) is 6.95. The third-order valence-electron chi connectivity index (χ3n) is 3.23. The monoisotopic (exact) mass is 246 g/mol. The number of hydrogen-bond acceptors (Lipinski definition) is 3. The molecular weight excluding hydrogens is 228 g/mol. The lowest BCUT2D eigenvalue weighted by molar-refractivity contribution is 0.0581. The number of fused-ring (bicyclic) bond motifs is 1. The van der Waals surface area contributed by atoms with Crippen molar-refractivity contribution < 1.29 is 9.59 Å². The summed E-state index contributed by atoms with van der Waals surface area (Å²) in [4.78, 5) is 25.8. The van der Waals surface area contributed by atoms with Crippen LogP contribution >= 0.6 is 0 Å². The molecule has 1 aliphatic rings. The van der Waals surface area contributed by atoms with Crippen LogP contribution in [0.2, 0.25) is 0 Å². The van der Waals surface area contributed by atoms with Crippen LogP contribution in [0.1, 0.15) is 47.9 Å². The van der Waals surface area contributed by atoms with E-state index >= 15 is 0 Å². The summed E-state index contributed by atoms with van der Waals surface area (Å²) < 4.78 is 0. The van der Waals surface area contributed by atoms with E-state index in [1.807, 2.05) is 6.92 Å². The summed E-state index contributed by atoms with van der Waals surface area (Å²) in [6.45, 7) is 6.05. The number of amides is 2. The fourth-order valence-corrected chi connectivity index (χ4v) is 2.52. The Kier molecular flexibility index (Phi) is 3.11. The third-order valence-corrected chi connectivity index (χ3v) is 3.23. The van der Waals surface area contributed by atoms with Crippen molar-refractivity contribution in [2.75, 3.05) is 5.73 Å². The Bertz CT molecular complexity index is 509. The normalized spacial score (nSPS) is 16.3. The number of rotatable bonds is 3. The fraction of sp³-hybridized carbons (Fsp3) is 0.429. The van der Waals surface area contributed by atoms with Crippen LogP contribution in [-0.2, 0) is 0 Å². The molecule has 18 heavy (non-hydrogen) atoms. The van der Waals surface area contributed by atoms with Gasteiger partial charge in [0.2, 0.25) is 0 Å². The summed E-state index contributed by atoms with van der Waals surface area (Å²) in [6.07, 6.45) is 0.797. The first-order valence-electron chi connectivity index (χ1n) is 6.19. The van der Waals surface area contributed by atoms with Crippen molar-refractivity contribution in [2.24, 2.45) is 5.92 Å². The Morgan fingerprint density at radius 3 is 2.39 bits per heavy atom. The van der Waals surface area contributed by atoms with Gasteiger partial charge in [0.05, 0.1) is 11.1 Å². The minimum absolute atomic E-state index is 0.100. The minimum atomic E-state index is -0.263. The third kappa shape index (κ3) is 1.88. The van der Waals surface area contributed by atoms with Crippen LogP contribution in [0.15, 0.2) is 18.2 Å². The van der Waals surface area contributed by atoms with E-state index < -0.39 is 0 Å². The van der Waals surface area contributed by atoms with Crippen molar-refractivity contribution in [3.63, 3.8) is 0 Å². The van der Waals surface area contributed by atoms with Gasteiger partial charge in [-0.1, -0.05) is 19.9 Å². The second kappa shape index (κ2) is 4.44. The first-order valence-corrected chi connectivity index (χ1v) is 6.19. The molecule has 4 heteroatoms. The summed E-state index contributed by atoms with van der Waals surface area (Å²) in [7, 11) is 0. The molecule has 1 unspecified atom stereocenters. The number of carbonyl (C=O) groups is 2. The number of anilines is 1. The van der Waals surface area contributed by atoms with E-state index in [1.165, 1.54) is 4.90 Å². The maximum Gasteiger partial charge on any atom is 0.263 e. The van der Waals surface area contributed by atoms with E-state index in [9.17, 15) is 9.59 Å². The summed E-state index contributed by atoms with van der Waals surface area (Å²) in [5.74, 6) is -0.0571. The van der Waals surface area contributed by atoms with E-state index in [4.69, 9.17) is 5.73 Å². The van der Waals surface area contributed by atoms with E-state index in [1.54, 1.807) is 18.2 Å². The molecule has 2 N–H and O–H groups in total. The summed E-state index contributed by atoms with van der Waals surface area (Å²) in [6, 6.07) is 4.92. The lowest BCUT2D eigenvalue weighted by atomic mass is 10.0. The van der Waals surface area contributed by atoms with E-state index in [0.717, 1.165) is 6.42 Å². The molecule has 0 aliphatic carbocycles. The van der Waals surface area contributed by atoms with Gasteiger partial charge in [0.1, 0.15) is 0 Å². The average molecular weight is 246 g/mol. The number of hydrogen-bond donors (Lipinski definition) is 1. The van der Waals surface area contributed by atoms with Crippen LogP contribution in [0.5, 0.6) is 0 Å². The molecule has 1 heterocycles. The Hall–Kier alpha value is -1.84. The van der Waals surface area contributed by atoms with Gasteiger partial charge in [-0.15, -0.1) is 0 Å². The highest BCUT2D eigenvalue weighted by Gasteiger charge is 2.39. The predicted octanol–water partition coefficient (Wildman–Crippen LogP) is 2.30. The number of carbonyl (C=O) groups excluding carboxylic acids is 2. The molecular formula is C14H18N2O2. The topological polar surface area (TPSA) is 63.4 Å². The molecule has 1 atom stereocenters. The molecule has 1 aliphatic heterocycles. The number of nitrogens with two attached hydrogens (primary N) is 1. The van der Waals surface area contributed by atoms with Gasteiger partial charge in [0.15, 0.2) is 0 Å². The molecule has 4 nitrogen and oxygen atoms in total. The molecule has 1 aromatic rings. The highest BCUT2D eigenvalue weighted by molar-refractivity contribution is 6.23. The second-order valence-corrected chi connectivity index (χ2v) is 5.23. The highest BCUT2D eigenvalue weighted by atomic mass is 16.2. The maximum absolute atomic E-state index is 12.3. The van der Waals surface area contributed by atoms with Gasteiger partial charge < -0.3 is 5.73 Å². The van der Waals surface area contributed by atoms with Crippen LogP contribution < -0.4 is 5.73 Å². The van der Waals surface area contributed by atoms with Gasteiger partial charge in [-0.2, -0.15) is 0 Å². The first-order chi connectivity index (χ1) is 8.43. The Morgan fingerprint density at radius 2 is 1.83 bits per heavy atom. The first kappa shape index (κ1) is 12.6. The van der Waals surface area contributed by atoms with Crippen molar-refractivity contribution in [3.05, 3.63) is 29.3 Å². The summed E-state index contributed by atoms with van der Waals surface area (Å²) >= 11 is 0. The number of benzene rings is 1. The van der Waals surface area contributed by atoms with Gasteiger partial charge in [-0.3, -0.25) is 14.5 Å². The van der Waals surface area contributed by atoms with Crippen LogP contribution in [0.3, 0.4) is 0 Å². The quantitative estimate of drug-likeness (QED) is 0.657. The number of imide groups is 1. The van der Waals surface area contributed by atoms with E-state index in [-0.39, 0.29) is 17.9 Å². The van der Waals surface area contributed by atoms with Gasteiger partial charge >= 0.3 is 0 Å². The molecule has 0 aromatic heterocycles. The zero-order valence-corrected chi connectivity index (χ0v) is 10.9. The zero-order valence-electron chi connectivity index (χ0n) is 10.9. The summed E-state index contributed by atoms with van der Waals surface area (Å²) in [5, 5.41) is 0. The smallest absolute Gasteiger partial charge is 0.263 e. The van der Waals surface area contributed by atoms with E-state index in [0.29, 0.717) is 22.7 Å².